The highest BCUT2D eigenvalue weighted by molar-refractivity contribution is 7.17. The van der Waals surface area contributed by atoms with E-state index in [1.54, 1.807) is 36.7 Å². The van der Waals surface area contributed by atoms with E-state index in [0.29, 0.717) is 23.0 Å². The molecule has 0 bridgehead atoms. The zero-order valence-electron chi connectivity index (χ0n) is 13.6. The maximum Gasteiger partial charge on any atom is 0.264 e. The van der Waals surface area contributed by atoms with E-state index >= 15 is 0 Å². The van der Waals surface area contributed by atoms with Gasteiger partial charge in [-0.15, -0.1) is 11.3 Å². The third-order valence-corrected chi connectivity index (χ3v) is 5.39. The molecule has 1 aliphatic rings. The second kappa shape index (κ2) is 6.76. The van der Waals surface area contributed by atoms with Gasteiger partial charge >= 0.3 is 0 Å². The van der Waals surface area contributed by atoms with Crippen LogP contribution in [0.15, 0.2) is 60.9 Å². The van der Waals surface area contributed by atoms with Crippen molar-refractivity contribution in [2.45, 2.75) is 25.4 Å². The highest BCUT2D eigenvalue weighted by Gasteiger charge is 2.33. The maximum atomic E-state index is 14.0. The first-order valence-corrected chi connectivity index (χ1v) is 9.08. The Morgan fingerprint density at radius 2 is 2.00 bits per heavy atom. The number of carbonyl (C=O) groups is 1. The molecule has 0 radical (unpaired) electrons. The Labute approximate surface area is 149 Å². The Balaban J connectivity index is 1.58. The summed E-state index contributed by atoms with van der Waals surface area (Å²) >= 11 is 1.35. The minimum atomic E-state index is -0.266. The smallest absolute Gasteiger partial charge is 0.264 e. The zero-order valence-corrected chi connectivity index (χ0v) is 14.4. The first-order chi connectivity index (χ1) is 12.2. The van der Waals surface area contributed by atoms with Crippen LogP contribution >= 0.6 is 11.3 Å². The molecule has 0 spiro atoms. The molecule has 5 heteroatoms. The fourth-order valence-corrected chi connectivity index (χ4v) is 3.83. The van der Waals surface area contributed by atoms with E-state index in [1.807, 2.05) is 23.1 Å². The number of carbonyl (C=O) groups excluding carboxylic acids is 1. The molecule has 126 valence electrons. The molecule has 1 fully saturated rings. The van der Waals surface area contributed by atoms with Crippen LogP contribution in [0.2, 0.25) is 0 Å². The lowest BCUT2D eigenvalue weighted by Crippen LogP contribution is -2.32. The summed E-state index contributed by atoms with van der Waals surface area (Å²) in [5.74, 6) is -0.253. The third-order valence-electron chi connectivity index (χ3n) is 4.28. The predicted molar refractivity (Wildman–Crippen MR) is 96.8 cm³/mol. The van der Waals surface area contributed by atoms with Crippen LogP contribution in [0.1, 0.15) is 28.1 Å². The lowest BCUT2D eigenvalue weighted by molar-refractivity contribution is 0.0734. The molecular weight excluding hydrogens is 335 g/mol. The molecule has 3 aromatic rings. The van der Waals surface area contributed by atoms with Gasteiger partial charge in [0, 0.05) is 35.4 Å². The first kappa shape index (κ1) is 16.0. The summed E-state index contributed by atoms with van der Waals surface area (Å²) in [6.45, 7) is 0.560. The molecule has 4 rings (SSSR count). The van der Waals surface area contributed by atoms with Gasteiger partial charge in [0.2, 0.25) is 0 Å². The Kier molecular flexibility index (Phi) is 4.32. The number of hydrogen-bond donors (Lipinski definition) is 0. The standard InChI is InChI=1S/C20H17FN2OS/c21-17-6-2-1-5-16(17)18-9-10-19(25-18)20(24)23(15-7-8-15)13-14-4-3-11-22-12-14/h1-6,9-12,15H,7-8,13H2. The van der Waals surface area contributed by atoms with Gasteiger partial charge in [-0.1, -0.05) is 24.3 Å². The molecule has 0 aliphatic heterocycles. The largest absolute Gasteiger partial charge is 0.331 e. The second-order valence-electron chi connectivity index (χ2n) is 6.17. The monoisotopic (exact) mass is 352 g/mol. The SMILES string of the molecule is O=C(c1ccc(-c2ccccc2F)s1)N(Cc1cccnc1)C1CC1. The molecule has 1 amide bonds. The van der Waals surface area contributed by atoms with Crippen LogP contribution in [0.25, 0.3) is 10.4 Å². The summed E-state index contributed by atoms with van der Waals surface area (Å²) < 4.78 is 14.0. The van der Waals surface area contributed by atoms with Gasteiger partial charge < -0.3 is 4.90 Å². The van der Waals surface area contributed by atoms with Crippen LogP contribution in [-0.2, 0) is 6.54 Å². The molecule has 1 saturated carbocycles. The number of pyridine rings is 1. The molecule has 0 unspecified atom stereocenters. The van der Waals surface area contributed by atoms with Crippen LogP contribution in [0.3, 0.4) is 0 Å². The van der Waals surface area contributed by atoms with Crippen LogP contribution < -0.4 is 0 Å². The average Bonchev–Trinajstić information content (AvgIpc) is 3.37. The van der Waals surface area contributed by atoms with Crippen molar-refractivity contribution in [3.05, 3.63) is 77.2 Å². The molecule has 2 heterocycles. The molecule has 3 nitrogen and oxygen atoms in total. The molecule has 0 N–H and O–H groups in total. The van der Waals surface area contributed by atoms with E-state index < -0.39 is 0 Å². The summed E-state index contributed by atoms with van der Waals surface area (Å²) in [7, 11) is 0. The highest BCUT2D eigenvalue weighted by Crippen LogP contribution is 2.34. The zero-order chi connectivity index (χ0) is 17.2. The number of hydrogen-bond acceptors (Lipinski definition) is 3. The van der Waals surface area contributed by atoms with Gasteiger partial charge in [0.15, 0.2) is 0 Å². The van der Waals surface area contributed by atoms with Crippen molar-refractivity contribution in [1.82, 2.24) is 9.88 Å². The van der Waals surface area contributed by atoms with Gasteiger partial charge in [0.05, 0.1) is 4.88 Å². The number of amides is 1. The Morgan fingerprint density at radius 3 is 2.72 bits per heavy atom. The van der Waals surface area contributed by atoms with Crippen LogP contribution in [-0.4, -0.2) is 21.8 Å². The Hall–Kier alpha value is -2.53. The van der Waals surface area contributed by atoms with Gasteiger partial charge in [-0.2, -0.15) is 0 Å². The van der Waals surface area contributed by atoms with E-state index in [0.717, 1.165) is 23.3 Å². The van der Waals surface area contributed by atoms with Crippen molar-refractivity contribution >= 4 is 17.2 Å². The number of halogens is 1. The molecule has 25 heavy (non-hydrogen) atoms. The lowest BCUT2D eigenvalue weighted by Gasteiger charge is -2.21. The minimum absolute atomic E-state index is 0.0129. The second-order valence-corrected chi connectivity index (χ2v) is 7.25. The number of thiophene rings is 1. The highest BCUT2D eigenvalue weighted by atomic mass is 32.1. The van der Waals surface area contributed by atoms with Gasteiger partial charge in [-0.25, -0.2) is 4.39 Å². The van der Waals surface area contributed by atoms with Gasteiger partial charge in [-0.3, -0.25) is 9.78 Å². The summed E-state index contributed by atoms with van der Waals surface area (Å²) in [4.78, 5) is 20.4. The van der Waals surface area contributed by atoms with E-state index in [9.17, 15) is 9.18 Å². The van der Waals surface area contributed by atoms with Gasteiger partial charge in [0.25, 0.3) is 5.91 Å². The fraction of sp³-hybridized carbons (Fsp3) is 0.200. The van der Waals surface area contributed by atoms with Crippen molar-refractivity contribution in [2.24, 2.45) is 0 Å². The van der Waals surface area contributed by atoms with Crippen molar-refractivity contribution in [2.75, 3.05) is 0 Å². The third kappa shape index (κ3) is 3.46. The molecular formula is C20H17FN2OS. The van der Waals surface area contributed by atoms with Crippen molar-refractivity contribution < 1.29 is 9.18 Å². The van der Waals surface area contributed by atoms with Gasteiger partial charge in [0.1, 0.15) is 5.82 Å². The van der Waals surface area contributed by atoms with Crippen LogP contribution in [0, 0.1) is 5.82 Å². The number of rotatable bonds is 5. The summed E-state index contributed by atoms with van der Waals surface area (Å²) in [5.41, 5.74) is 1.56. The van der Waals surface area contributed by atoms with E-state index in [4.69, 9.17) is 0 Å². The van der Waals surface area contributed by atoms with Crippen LogP contribution in [0.4, 0.5) is 4.39 Å². The Bertz CT molecular complexity index is 889. The summed E-state index contributed by atoms with van der Waals surface area (Å²) in [6.07, 6.45) is 5.60. The van der Waals surface area contributed by atoms with E-state index in [-0.39, 0.29) is 11.7 Å². The molecule has 0 atom stereocenters. The number of benzene rings is 1. The van der Waals surface area contributed by atoms with E-state index in [1.165, 1.54) is 17.4 Å². The van der Waals surface area contributed by atoms with Crippen molar-refractivity contribution in [1.29, 1.82) is 0 Å². The summed E-state index contributed by atoms with van der Waals surface area (Å²) in [5, 5.41) is 0. The number of aromatic nitrogens is 1. The topological polar surface area (TPSA) is 33.2 Å². The maximum absolute atomic E-state index is 14.0. The Morgan fingerprint density at radius 1 is 1.16 bits per heavy atom. The summed E-state index contributed by atoms with van der Waals surface area (Å²) in [6, 6.07) is 14.4. The first-order valence-electron chi connectivity index (χ1n) is 8.27. The van der Waals surface area contributed by atoms with E-state index in [2.05, 4.69) is 4.98 Å². The predicted octanol–water partition coefficient (Wildman–Crippen LogP) is 4.75. The van der Waals surface area contributed by atoms with Crippen molar-refractivity contribution in [3.8, 4) is 10.4 Å². The molecule has 1 aromatic carbocycles. The molecule has 1 aliphatic carbocycles. The van der Waals surface area contributed by atoms with Crippen LogP contribution in [0.5, 0.6) is 0 Å². The average molecular weight is 352 g/mol. The molecule has 0 saturated heterocycles. The number of nitrogens with zero attached hydrogens (tertiary/aromatic N) is 2. The van der Waals surface area contributed by atoms with Crippen molar-refractivity contribution in [3.63, 3.8) is 0 Å². The quantitative estimate of drug-likeness (QED) is 0.664. The fourth-order valence-electron chi connectivity index (χ4n) is 2.84. The minimum Gasteiger partial charge on any atom is -0.331 e. The molecule has 2 aromatic heterocycles. The van der Waals surface area contributed by atoms with Gasteiger partial charge in [-0.05, 0) is 42.7 Å². The normalized spacial score (nSPS) is 13.6. The lowest BCUT2D eigenvalue weighted by atomic mass is 10.2.